The number of carbonyl (C=O) groups excluding carboxylic acids is 2. The van der Waals surface area contributed by atoms with Gasteiger partial charge in [-0.3, -0.25) is 9.59 Å². The molecule has 0 aromatic heterocycles. The highest BCUT2D eigenvalue weighted by atomic mass is 35.5. The van der Waals surface area contributed by atoms with E-state index in [1.807, 2.05) is 79.7 Å². The number of rotatable bonds is 6. The van der Waals surface area contributed by atoms with E-state index in [4.69, 9.17) is 16.3 Å². The number of amides is 2. The van der Waals surface area contributed by atoms with Crippen molar-refractivity contribution in [1.82, 2.24) is 4.90 Å². The molecule has 1 N–H and O–H groups in total. The number of carbonyl (C=O) groups is 2. The maximum absolute atomic E-state index is 13.1. The molecule has 0 bridgehead atoms. The van der Waals surface area contributed by atoms with Crippen molar-refractivity contribution >= 4 is 29.1 Å². The Morgan fingerprint density at radius 2 is 1.81 bits per heavy atom. The number of hydrogen-bond donors (Lipinski definition) is 1. The Balaban J connectivity index is 1.53. The summed E-state index contributed by atoms with van der Waals surface area (Å²) in [5.74, 6) is 0.532. The van der Waals surface area contributed by atoms with Crippen LogP contribution in [0.3, 0.4) is 0 Å². The van der Waals surface area contributed by atoms with Gasteiger partial charge in [-0.25, -0.2) is 0 Å². The maximum Gasteiger partial charge on any atom is 0.264 e. The molecule has 1 unspecified atom stereocenters. The van der Waals surface area contributed by atoms with Crippen LogP contribution in [-0.2, 0) is 29.1 Å². The van der Waals surface area contributed by atoms with Crippen molar-refractivity contribution in [2.24, 2.45) is 0 Å². The summed E-state index contributed by atoms with van der Waals surface area (Å²) >= 11 is 6.00. The fraction of sp³-hybridized carbons (Fsp3) is 0.231. The van der Waals surface area contributed by atoms with E-state index in [1.54, 1.807) is 4.90 Å². The Labute approximate surface area is 193 Å². The number of anilines is 1. The van der Waals surface area contributed by atoms with Gasteiger partial charge in [0.2, 0.25) is 5.91 Å². The molecule has 2 amide bonds. The Morgan fingerprint density at radius 1 is 1.06 bits per heavy atom. The number of nitrogens with zero attached hydrogens (tertiary/aromatic N) is 1. The van der Waals surface area contributed by atoms with Crippen LogP contribution in [0.25, 0.3) is 0 Å². The molecule has 164 valence electrons. The lowest BCUT2D eigenvalue weighted by atomic mass is 10.1. The van der Waals surface area contributed by atoms with Crippen molar-refractivity contribution in [3.63, 3.8) is 0 Å². The molecule has 4 rings (SSSR count). The van der Waals surface area contributed by atoms with E-state index in [0.29, 0.717) is 42.4 Å². The largest absolute Gasteiger partial charge is 0.480 e. The molecule has 3 aromatic carbocycles. The van der Waals surface area contributed by atoms with Crippen molar-refractivity contribution in [2.75, 3.05) is 5.32 Å². The first kappa shape index (κ1) is 21.9. The molecule has 0 saturated heterocycles. The third kappa shape index (κ3) is 5.29. The van der Waals surface area contributed by atoms with Gasteiger partial charge in [0.15, 0.2) is 6.10 Å². The third-order valence-electron chi connectivity index (χ3n) is 5.43. The summed E-state index contributed by atoms with van der Waals surface area (Å²) in [6.45, 7) is 2.79. The van der Waals surface area contributed by atoms with Crippen LogP contribution < -0.4 is 10.1 Å². The van der Waals surface area contributed by atoms with Gasteiger partial charge in [-0.2, -0.15) is 0 Å². The normalized spacial score (nSPS) is 15.5. The zero-order valence-electron chi connectivity index (χ0n) is 17.9. The number of ether oxygens (including phenoxy) is 1. The molecule has 32 heavy (non-hydrogen) atoms. The predicted octanol–water partition coefficient (Wildman–Crippen LogP) is 5.22. The van der Waals surface area contributed by atoms with Gasteiger partial charge < -0.3 is 15.0 Å². The minimum absolute atomic E-state index is 0.0479. The minimum atomic E-state index is -0.540. The Morgan fingerprint density at radius 3 is 2.53 bits per heavy atom. The molecule has 0 radical (unpaired) electrons. The van der Waals surface area contributed by atoms with Gasteiger partial charge in [0.1, 0.15) is 5.75 Å². The fourth-order valence-corrected chi connectivity index (χ4v) is 3.90. The Hall–Kier alpha value is -3.31. The van der Waals surface area contributed by atoms with Crippen LogP contribution in [0, 0.1) is 0 Å². The third-order valence-corrected chi connectivity index (χ3v) is 5.68. The number of benzene rings is 3. The average Bonchev–Trinajstić information content (AvgIpc) is 2.92. The topological polar surface area (TPSA) is 58.6 Å². The molecular weight excluding hydrogens is 424 g/mol. The van der Waals surface area contributed by atoms with Crippen molar-refractivity contribution in [3.05, 3.63) is 94.5 Å². The highest BCUT2D eigenvalue weighted by Crippen LogP contribution is 2.30. The van der Waals surface area contributed by atoms with Gasteiger partial charge in [-0.05, 0) is 47.9 Å². The molecular formula is C26H25ClN2O3. The number of hydrogen-bond acceptors (Lipinski definition) is 3. The van der Waals surface area contributed by atoms with Gasteiger partial charge in [0, 0.05) is 29.4 Å². The molecule has 0 aliphatic carbocycles. The van der Waals surface area contributed by atoms with E-state index >= 15 is 0 Å². The summed E-state index contributed by atoms with van der Waals surface area (Å²) < 4.78 is 6.04. The summed E-state index contributed by atoms with van der Waals surface area (Å²) in [5.41, 5.74) is 3.49. The molecule has 5 nitrogen and oxygen atoms in total. The van der Waals surface area contributed by atoms with Crippen molar-refractivity contribution in [3.8, 4) is 5.75 Å². The number of fused-ring (bicyclic) bond motifs is 1. The highest BCUT2D eigenvalue weighted by Gasteiger charge is 2.30. The fourth-order valence-electron chi connectivity index (χ4n) is 3.78. The first-order chi connectivity index (χ1) is 15.5. The number of nitrogens with one attached hydrogen (secondary N) is 1. The Bertz CT molecular complexity index is 1100. The maximum atomic E-state index is 13.1. The van der Waals surface area contributed by atoms with E-state index in [0.717, 1.165) is 16.7 Å². The lowest BCUT2D eigenvalue weighted by molar-refractivity contribution is -0.139. The van der Waals surface area contributed by atoms with Gasteiger partial charge in [-0.15, -0.1) is 0 Å². The van der Waals surface area contributed by atoms with Crippen molar-refractivity contribution < 1.29 is 14.3 Å². The van der Waals surface area contributed by atoms with Gasteiger partial charge in [-0.1, -0.05) is 61.0 Å². The van der Waals surface area contributed by atoms with E-state index in [2.05, 4.69) is 5.32 Å². The van der Waals surface area contributed by atoms with Gasteiger partial charge in [0.05, 0.1) is 6.42 Å². The van der Waals surface area contributed by atoms with Crippen LogP contribution in [0.4, 0.5) is 5.69 Å². The van der Waals surface area contributed by atoms with Crippen LogP contribution in [0.2, 0.25) is 5.02 Å². The zero-order valence-corrected chi connectivity index (χ0v) is 18.6. The summed E-state index contributed by atoms with van der Waals surface area (Å²) in [4.78, 5) is 27.4. The summed E-state index contributed by atoms with van der Waals surface area (Å²) in [6.07, 6.45) is 0.334. The quantitative estimate of drug-likeness (QED) is 0.562. The monoisotopic (exact) mass is 448 g/mol. The van der Waals surface area contributed by atoms with E-state index in [9.17, 15) is 9.59 Å². The smallest absolute Gasteiger partial charge is 0.264 e. The first-order valence-corrected chi connectivity index (χ1v) is 11.1. The second-order valence-electron chi connectivity index (χ2n) is 7.87. The summed E-state index contributed by atoms with van der Waals surface area (Å²) in [5, 5.41) is 3.61. The van der Waals surface area contributed by atoms with Crippen LogP contribution in [-0.4, -0.2) is 22.8 Å². The van der Waals surface area contributed by atoms with Crippen molar-refractivity contribution in [2.45, 2.75) is 39.0 Å². The second-order valence-corrected chi connectivity index (χ2v) is 8.30. The molecule has 1 heterocycles. The average molecular weight is 449 g/mol. The van der Waals surface area contributed by atoms with Gasteiger partial charge >= 0.3 is 0 Å². The molecule has 1 atom stereocenters. The second kappa shape index (κ2) is 9.88. The molecule has 6 heteroatoms. The minimum Gasteiger partial charge on any atom is -0.480 e. The molecule has 1 aliphatic heterocycles. The van der Waals surface area contributed by atoms with Crippen LogP contribution >= 0.6 is 11.6 Å². The Kier molecular flexibility index (Phi) is 6.76. The van der Waals surface area contributed by atoms with E-state index in [1.165, 1.54) is 0 Å². The van der Waals surface area contributed by atoms with E-state index < -0.39 is 6.10 Å². The van der Waals surface area contributed by atoms with Crippen molar-refractivity contribution in [1.29, 1.82) is 0 Å². The van der Waals surface area contributed by atoms with Crippen LogP contribution in [0.1, 0.15) is 30.0 Å². The standard InChI is InChI=1S/C26H25ClN2O3/c1-2-23-26(31)29(16-19-8-10-21(27)11-9-19)17-20-15-22(12-13-24(20)32-23)28-25(30)14-18-6-4-3-5-7-18/h3-13,15,23H,2,14,16-17H2,1H3,(H,28,30). The summed E-state index contributed by atoms with van der Waals surface area (Å²) in [6, 6.07) is 22.6. The molecule has 3 aromatic rings. The molecule has 0 saturated carbocycles. The molecule has 0 spiro atoms. The van der Waals surface area contributed by atoms with Crippen LogP contribution in [0.15, 0.2) is 72.8 Å². The van der Waals surface area contributed by atoms with Gasteiger partial charge in [0.25, 0.3) is 5.91 Å². The lowest BCUT2D eigenvalue weighted by Gasteiger charge is -2.23. The highest BCUT2D eigenvalue weighted by molar-refractivity contribution is 6.30. The SMILES string of the molecule is CCC1Oc2ccc(NC(=O)Cc3ccccc3)cc2CN(Cc2ccc(Cl)cc2)C1=O. The molecule has 1 aliphatic rings. The predicted molar refractivity (Wildman–Crippen MR) is 126 cm³/mol. The molecule has 0 fully saturated rings. The summed E-state index contributed by atoms with van der Waals surface area (Å²) in [7, 11) is 0. The van der Waals surface area contributed by atoms with Crippen LogP contribution in [0.5, 0.6) is 5.75 Å². The number of halogens is 1. The van der Waals surface area contributed by atoms with E-state index in [-0.39, 0.29) is 11.8 Å². The zero-order chi connectivity index (χ0) is 22.5. The lowest BCUT2D eigenvalue weighted by Crippen LogP contribution is -2.38. The first-order valence-electron chi connectivity index (χ1n) is 10.7.